The lowest BCUT2D eigenvalue weighted by atomic mass is 10.1. The number of hydrogen-bond acceptors (Lipinski definition) is 4. The molecule has 3 rings (SSSR count). The van der Waals surface area contributed by atoms with Crippen molar-refractivity contribution in [3.05, 3.63) is 32.8 Å². The number of carbonyl (C=O) groups excluding carboxylic acids is 1. The Hall–Kier alpha value is -1.63. The summed E-state index contributed by atoms with van der Waals surface area (Å²) in [6, 6.07) is 4.83. The van der Waals surface area contributed by atoms with E-state index in [0.717, 1.165) is 49.2 Å². The fourth-order valence-corrected chi connectivity index (χ4v) is 4.08. The molecule has 2 aliphatic rings. The Morgan fingerprint density at radius 2 is 1.83 bits per heavy atom. The molecule has 0 radical (unpaired) electrons. The first-order valence-corrected chi connectivity index (χ1v) is 8.83. The van der Waals surface area contributed by atoms with Crippen LogP contribution < -0.4 is 4.90 Å². The summed E-state index contributed by atoms with van der Waals surface area (Å²) >= 11 is 3.42. The fraction of sp³-hybridized carbons (Fsp3) is 0.562. The standard InChI is InChI=1S/C16H20BrN3O3/c17-14-11-13(20(22)23)5-6-15(14)18-7-9-19(10-8-18)16(21)12-3-1-2-4-12/h5-6,11-12H,1-4,7-10H2. The third-order valence-corrected chi connectivity index (χ3v) is 5.41. The summed E-state index contributed by atoms with van der Waals surface area (Å²) < 4.78 is 0.724. The van der Waals surface area contributed by atoms with E-state index in [9.17, 15) is 14.9 Å². The van der Waals surface area contributed by atoms with Crippen LogP contribution in [0, 0.1) is 16.0 Å². The van der Waals surface area contributed by atoms with Gasteiger partial charge < -0.3 is 9.80 Å². The first-order chi connectivity index (χ1) is 11.1. The molecule has 1 aliphatic carbocycles. The molecule has 0 spiro atoms. The van der Waals surface area contributed by atoms with Gasteiger partial charge in [0.1, 0.15) is 0 Å². The minimum absolute atomic E-state index is 0.0793. The molecule has 6 nitrogen and oxygen atoms in total. The summed E-state index contributed by atoms with van der Waals surface area (Å²) in [7, 11) is 0. The Morgan fingerprint density at radius 3 is 2.39 bits per heavy atom. The Labute approximate surface area is 143 Å². The number of piperazine rings is 1. The predicted molar refractivity (Wildman–Crippen MR) is 91.5 cm³/mol. The summed E-state index contributed by atoms with van der Waals surface area (Å²) in [6.07, 6.45) is 4.41. The number of hydrogen-bond donors (Lipinski definition) is 0. The van der Waals surface area contributed by atoms with Crippen LogP contribution in [0.3, 0.4) is 0 Å². The van der Waals surface area contributed by atoms with E-state index in [1.54, 1.807) is 6.07 Å². The van der Waals surface area contributed by atoms with Crippen molar-refractivity contribution < 1.29 is 9.72 Å². The van der Waals surface area contributed by atoms with Crippen LogP contribution in [0.15, 0.2) is 22.7 Å². The van der Waals surface area contributed by atoms with E-state index in [1.807, 2.05) is 4.90 Å². The van der Waals surface area contributed by atoms with Crippen LogP contribution in [0.4, 0.5) is 11.4 Å². The first kappa shape index (κ1) is 16.2. The highest BCUT2D eigenvalue weighted by Gasteiger charge is 2.29. The van der Waals surface area contributed by atoms with Gasteiger partial charge in [-0.2, -0.15) is 0 Å². The number of nitro groups is 1. The third-order valence-electron chi connectivity index (χ3n) is 4.78. The van der Waals surface area contributed by atoms with Gasteiger partial charge in [-0.05, 0) is 34.8 Å². The van der Waals surface area contributed by atoms with Crippen molar-refractivity contribution in [1.82, 2.24) is 4.90 Å². The van der Waals surface area contributed by atoms with Crippen molar-refractivity contribution in [1.29, 1.82) is 0 Å². The molecule has 1 saturated heterocycles. The minimum atomic E-state index is -0.396. The average molecular weight is 382 g/mol. The first-order valence-electron chi connectivity index (χ1n) is 8.04. The minimum Gasteiger partial charge on any atom is -0.367 e. The maximum absolute atomic E-state index is 12.5. The van der Waals surface area contributed by atoms with E-state index in [4.69, 9.17) is 0 Å². The Kier molecular flexibility index (Phi) is 4.84. The lowest BCUT2D eigenvalue weighted by Crippen LogP contribution is -2.50. The molecule has 1 aromatic rings. The van der Waals surface area contributed by atoms with E-state index < -0.39 is 4.92 Å². The molecule has 7 heteroatoms. The smallest absolute Gasteiger partial charge is 0.270 e. The van der Waals surface area contributed by atoms with Gasteiger partial charge in [0.25, 0.3) is 5.69 Å². The van der Waals surface area contributed by atoms with Crippen LogP contribution >= 0.6 is 15.9 Å². The lowest BCUT2D eigenvalue weighted by Gasteiger charge is -2.37. The average Bonchev–Trinajstić information content (AvgIpc) is 3.08. The molecule has 1 heterocycles. The highest BCUT2D eigenvalue weighted by atomic mass is 79.9. The van der Waals surface area contributed by atoms with Crippen LogP contribution in [-0.2, 0) is 4.79 Å². The maximum Gasteiger partial charge on any atom is 0.270 e. The van der Waals surface area contributed by atoms with Gasteiger partial charge in [-0.25, -0.2) is 0 Å². The zero-order chi connectivity index (χ0) is 16.4. The summed E-state index contributed by atoms with van der Waals surface area (Å²) in [5, 5.41) is 10.8. The second-order valence-corrected chi connectivity index (χ2v) is 7.04. The number of benzene rings is 1. The highest BCUT2D eigenvalue weighted by Crippen LogP contribution is 2.31. The molecular formula is C16H20BrN3O3. The Balaban J connectivity index is 1.62. The van der Waals surface area contributed by atoms with Crippen molar-refractivity contribution in [2.24, 2.45) is 5.92 Å². The number of halogens is 1. The molecule has 1 amide bonds. The highest BCUT2D eigenvalue weighted by molar-refractivity contribution is 9.10. The number of anilines is 1. The van der Waals surface area contributed by atoms with Crippen LogP contribution in [0.25, 0.3) is 0 Å². The number of nitro benzene ring substituents is 1. The third kappa shape index (κ3) is 3.49. The largest absolute Gasteiger partial charge is 0.367 e. The van der Waals surface area contributed by atoms with Crippen LogP contribution in [0.5, 0.6) is 0 Å². The number of nitrogens with zero attached hydrogens (tertiary/aromatic N) is 3. The lowest BCUT2D eigenvalue weighted by molar-refractivity contribution is -0.384. The molecule has 124 valence electrons. The Bertz CT molecular complexity index is 609. The normalized spacial score (nSPS) is 19.2. The van der Waals surface area contributed by atoms with Crippen molar-refractivity contribution in [2.75, 3.05) is 31.1 Å². The zero-order valence-electron chi connectivity index (χ0n) is 12.9. The molecule has 0 N–H and O–H groups in total. The topological polar surface area (TPSA) is 66.7 Å². The number of non-ortho nitro benzene ring substituents is 1. The Morgan fingerprint density at radius 1 is 1.17 bits per heavy atom. The maximum atomic E-state index is 12.5. The van der Waals surface area contributed by atoms with Gasteiger partial charge in [0.05, 0.1) is 10.6 Å². The van der Waals surface area contributed by atoms with Gasteiger partial charge >= 0.3 is 0 Å². The van der Waals surface area contributed by atoms with Gasteiger partial charge in [-0.3, -0.25) is 14.9 Å². The zero-order valence-corrected chi connectivity index (χ0v) is 14.5. The molecule has 0 atom stereocenters. The van der Waals surface area contributed by atoms with E-state index >= 15 is 0 Å². The number of amides is 1. The van der Waals surface area contributed by atoms with Crippen LogP contribution in [0.1, 0.15) is 25.7 Å². The summed E-state index contributed by atoms with van der Waals surface area (Å²) in [4.78, 5) is 27.0. The molecule has 2 fully saturated rings. The molecule has 1 saturated carbocycles. The van der Waals surface area contributed by atoms with E-state index in [-0.39, 0.29) is 11.6 Å². The van der Waals surface area contributed by atoms with Crippen molar-refractivity contribution in [3.8, 4) is 0 Å². The van der Waals surface area contributed by atoms with Crippen LogP contribution in [-0.4, -0.2) is 41.9 Å². The summed E-state index contributed by atoms with van der Waals surface area (Å²) in [6.45, 7) is 2.96. The molecule has 0 unspecified atom stereocenters. The SMILES string of the molecule is O=C(C1CCCC1)N1CCN(c2ccc([N+](=O)[O-])cc2Br)CC1. The number of carbonyl (C=O) groups is 1. The molecule has 1 aromatic carbocycles. The van der Waals surface area contributed by atoms with Crippen molar-refractivity contribution in [2.45, 2.75) is 25.7 Å². The van der Waals surface area contributed by atoms with Gasteiger partial charge in [0, 0.05) is 48.7 Å². The van der Waals surface area contributed by atoms with Gasteiger partial charge in [0.2, 0.25) is 5.91 Å². The second-order valence-electron chi connectivity index (χ2n) is 6.19. The van der Waals surface area contributed by atoms with Gasteiger partial charge in [0.15, 0.2) is 0 Å². The van der Waals surface area contributed by atoms with Crippen molar-refractivity contribution >= 4 is 33.2 Å². The quantitative estimate of drug-likeness (QED) is 0.595. The monoisotopic (exact) mass is 381 g/mol. The molecule has 0 aromatic heterocycles. The molecule has 23 heavy (non-hydrogen) atoms. The molecule has 0 bridgehead atoms. The summed E-state index contributed by atoms with van der Waals surface area (Å²) in [5.74, 6) is 0.539. The van der Waals surface area contributed by atoms with E-state index in [0.29, 0.717) is 5.91 Å². The molecule has 1 aliphatic heterocycles. The van der Waals surface area contributed by atoms with Gasteiger partial charge in [-0.1, -0.05) is 12.8 Å². The molecular weight excluding hydrogens is 362 g/mol. The van der Waals surface area contributed by atoms with E-state index in [2.05, 4.69) is 20.8 Å². The van der Waals surface area contributed by atoms with E-state index in [1.165, 1.54) is 25.0 Å². The fourth-order valence-electron chi connectivity index (χ4n) is 3.46. The predicted octanol–water partition coefficient (Wildman–Crippen LogP) is 3.20. The van der Waals surface area contributed by atoms with Crippen LogP contribution in [0.2, 0.25) is 0 Å². The summed E-state index contributed by atoms with van der Waals surface area (Å²) in [5.41, 5.74) is 1.03. The number of rotatable bonds is 3. The second kappa shape index (κ2) is 6.86. The van der Waals surface area contributed by atoms with Gasteiger partial charge in [-0.15, -0.1) is 0 Å². The van der Waals surface area contributed by atoms with Crippen molar-refractivity contribution in [3.63, 3.8) is 0 Å².